The zero-order valence-corrected chi connectivity index (χ0v) is 18.2. The Balaban J connectivity index is 2.05. The second-order valence-corrected chi connectivity index (χ2v) is 7.01. The van der Waals surface area contributed by atoms with E-state index in [1.165, 1.54) is 68.9 Å². The fourth-order valence-corrected chi connectivity index (χ4v) is 3.19. The predicted molar refractivity (Wildman–Crippen MR) is 127 cm³/mol. The van der Waals surface area contributed by atoms with Crippen molar-refractivity contribution >= 4 is 35.7 Å². The minimum absolute atomic E-state index is 0.103. The molecule has 0 fully saturated rings. The topological polar surface area (TPSA) is 145 Å². The molecule has 0 aromatic heterocycles. The zero-order chi connectivity index (χ0) is 24.8. The molecule has 0 spiro atoms. The van der Waals surface area contributed by atoms with Crippen LogP contribution >= 0.6 is 0 Å². The number of hydrogen-bond donors (Lipinski definition) is 2. The summed E-state index contributed by atoms with van der Waals surface area (Å²) in [6.07, 6.45) is 5.92. The Morgan fingerprint density at radius 1 is 0.676 bits per heavy atom. The van der Waals surface area contributed by atoms with Gasteiger partial charge in [0, 0.05) is 0 Å². The molecule has 2 N–H and O–H groups in total. The molecule has 0 amide bonds. The van der Waals surface area contributed by atoms with Gasteiger partial charge in [-0.1, -0.05) is 24.3 Å². The third-order valence-corrected chi connectivity index (χ3v) is 4.89. The highest BCUT2D eigenvalue weighted by molar-refractivity contribution is 5.82. The Bertz CT molecular complexity index is 1220. The maximum absolute atomic E-state index is 11.6. The van der Waals surface area contributed by atoms with Gasteiger partial charge >= 0.3 is 0 Å². The van der Waals surface area contributed by atoms with Crippen LogP contribution in [0.15, 0.2) is 48.5 Å². The minimum atomic E-state index is -0.701. The molecule has 0 heterocycles. The standard InChI is InChI=1S/C24H20N2O8/c1-33-23-9-5-15(11-21(23)27)3-7-17-13-18(20(26(31)32)14-19(17)25(29)30)8-4-16-6-10-24(34-2)22(28)12-16/h3-14,27-28H,1-2H3/b7-3-,8-4-. The van der Waals surface area contributed by atoms with Gasteiger partial charge in [0.2, 0.25) is 0 Å². The summed E-state index contributed by atoms with van der Waals surface area (Å²) in [5, 5.41) is 43.0. The van der Waals surface area contributed by atoms with E-state index >= 15 is 0 Å². The summed E-state index contributed by atoms with van der Waals surface area (Å²) in [5.41, 5.74) is 0.444. The van der Waals surface area contributed by atoms with Crippen LogP contribution in [0.2, 0.25) is 0 Å². The number of hydrogen-bond acceptors (Lipinski definition) is 8. The van der Waals surface area contributed by atoms with Crippen LogP contribution in [-0.2, 0) is 0 Å². The summed E-state index contributed by atoms with van der Waals surface area (Å²) >= 11 is 0. The van der Waals surface area contributed by atoms with Gasteiger partial charge < -0.3 is 19.7 Å². The molecular formula is C24H20N2O8. The third kappa shape index (κ3) is 5.30. The molecule has 3 aromatic carbocycles. The van der Waals surface area contributed by atoms with E-state index in [1.807, 2.05) is 0 Å². The van der Waals surface area contributed by atoms with Gasteiger partial charge in [0.05, 0.1) is 41.3 Å². The summed E-state index contributed by atoms with van der Waals surface area (Å²) in [7, 11) is 2.82. The number of phenols is 2. The fourth-order valence-electron chi connectivity index (χ4n) is 3.19. The van der Waals surface area contributed by atoms with Gasteiger partial charge in [-0.3, -0.25) is 20.2 Å². The molecule has 0 radical (unpaired) electrons. The Morgan fingerprint density at radius 2 is 1.09 bits per heavy atom. The highest BCUT2D eigenvalue weighted by Crippen LogP contribution is 2.33. The highest BCUT2D eigenvalue weighted by atomic mass is 16.6. The second kappa shape index (κ2) is 10.2. The first-order chi connectivity index (χ1) is 16.2. The lowest BCUT2D eigenvalue weighted by molar-refractivity contribution is -0.394. The SMILES string of the molecule is COc1ccc(/C=C\c2cc(/C=C\c3ccc(OC)c(O)c3)c([N+](=O)[O-])cc2[N+](=O)[O-])cc1O. The van der Waals surface area contributed by atoms with Crippen molar-refractivity contribution in [3.05, 3.63) is 91.0 Å². The molecule has 0 saturated heterocycles. The molecule has 0 bridgehead atoms. The Kier molecular flexibility index (Phi) is 7.12. The molecule has 0 atom stereocenters. The maximum Gasteiger partial charge on any atom is 0.283 e. The van der Waals surface area contributed by atoms with Crippen LogP contribution in [0.25, 0.3) is 24.3 Å². The first-order valence-electron chi connectivity index (χ1n) is 9.80. The monoisotopic (exact) mass is 464 g/mol. The zero-order valence-electron chi connectivity index (χ0n) is 18.2. The maximum atomic E-state index is 11.6. The molecule has 174 valence electrons. The smallest absolute Gasteiger partial charge is 0.283 e. The quantitative estimate of drug-likeness (QED) is 0.260. The summed E-state index contributed by atoms with van der Waals surface area (Å²) in [6, 6.07) is 11.4. The van der Waals surface area contributed by atoms with Crippen molar-refractivity contribution in [1.82, 2.24) is 0 Å². The summed E-state index contributed by atoms with van der Waals surface area (Å²) in [5.74, 6) is 0.342. The molecule has 10 heteroatoms. The van der Waals surface area contributed by atoms with Crippen LogP contribution in [0, 0.1) is 20.2 Å². The molecule has 0 aliphatic carbocycles. The Labute approximate surface area is 193 Å². The molecule has 0 saturated carbocycles. The van der Waals surface area contributed by atoms with Crippen LogP contribution in [0.5, 0.6) is 23.0 Å². The van der Waals surface area contributed by atoms with E-state index in [2.05, 4.69) is 0 Å². The lowest BCUT2D eigenvalue weighted by atomic mass is 10.0. The molecular weight excluding hydrogens is 444 g/mol. The number of nitro benzene ring substituents is 2. The van der Waals surface area contributed by atoms with Gasteiger partial charge in [-0.05, 0) is 53.6 Å². The van der Waals surface area contributed by atoms with Gasteiger partial charge in [0.25, 0.3) is 11.4 Å². The summed E-state index contributed by atoms with van der Waals surface area (Å²) in [6.45, 7) is 0. The van der Waals surface area contributed by atoms with E-state index in [0.29, 0.717) is 11.1 Å². The van der Waals surface area contributed by atoms with Gasteiger partial charge in [0.1, 0.15) is 0 Å². The number of rotatable bonds is 8. The molecule has 10 nitrogen and oxygen atoms in total. The predicted octanol–water partition coefficient (Wildman–Crippen LogP) is 5.27. The Morgan fingerprint density at radius 3 is 1.41 bits per heavy atom. The van der Waals surface area contributed by atoms with Crippen molar-refractivity contribution in [3.63, 3.8) is 0 Å². The van der Waals surface area contributed by atoms with Crippen molar-refractivity contribution in [2.24, 2.45) is 0 Å². The van der Waals surface area contributed by atoms with Gasteiger partial charge in [0.15, 0.2) is 23.0 Å². The van der Waals surface area contributed by atoms with Crippen molar-refractivity contribution in [2.45, 2.75) is 0 Å². The van der Waals surface area contributed by atoms with Gasteiger partial charge in [-0.2, -0.15) is 0 Å². The summed E-state index contributed by atoms with van der Waals surface area (Å²) < 4.78 is 9.98. The van der Waals surface area contributed by atoms with E-state index in [-0.39, 0.29) is 34.1 Å². The number of phenolic OH excluding ortho intramolecular Hbond substituents is 2. The van der Waals surface area contributed by atoms with Crippen molar-refractivity contribution in [3.8, 4) is 23.0 Å². The van der Waals surface area contributed by atoms with Crippen LogP contribution in [0.3, 0.4) is 0 Å². The van der Waals surface area contributed by atoms with E-state index < -0.39 is 21.2 Å². The largest absolute Gasteiger partial charge is 0.504 e. The number of ether oxygens (including phenoxy) is 2. The van der Waals surface area contributed by atoms with Crippen LogP contribution < -0.4 is 9.47 Å². The van der Waals surface area contributed by atoms with E-state index in [0.717, 1.165) is 6.07 Å². The van der Waals surface area contributed by atoms with Crippen LogP contribution in [-0.4, -0.2) is 34.3 Å². The number of nitrogens with zero attached hydrogens (tertiary/aromatic N) is 2. The van der Waals surface area contributed by atoms with Crippen molar-refractivity contribution in [2.75, 3.05) is 14.2 Å². The minimum Gasteiger partial charge on any atom is -0.504 e. The lowest BCUT2D eigenvalue weighted by Crippen LogP contribution is -1.98. The van der Waals surface area contributed by atoms with Gasteiger partial charge in [-0.15, -0.1) is 0 Å². The molecule has 34 heavy (non-hydrogen) atoms. The van der Waals surface area contributed by atoms with E-state index in [4.69, 9.17) is 9.47 Å². The third-order valence-electron chi connectivity index (χ3n) is 4.89. The molecule has 3 aromatic rings. The fraction of sp³-hybridized carbons (Fsp3) is 0.0833. The summed E-state index contributed by atoms with van der Waals surface area (Å²) in [4.78, 5) is 21.7. The van der Waals surface area contributed by atoms with Gasteiger partial charge in [-0.25, -0.2) is 0 Å². The van der Waals surface area contributed by atoms with E-state index in [9.17, 15) is 30.4 Å². The number of nitro groups is 2. The average Bonchev–Trinajstić information content (AvgIpc) is 2.81. The number of benzene rings is 3. The van der Waals surface area contributed by atoms with E-state index in [1.54, 1.807) is 12.1 Å². The van der Waals surface area contributed by atoms with Crippen LogP contribution in [0.1, 0.15) is 22.3 Å². The molecule has 0 unspecified atom stereocenters. The Hall–Kier alpha value is -4.86. The van der Waals surface area contributed by atoms with Crippen molar-refractivity contribution < 1.29 is 29.5 Å². The number of methoxy groups -OCH3 is 2. The second-order valence-electron chi connectivity index (χ2n) is 7.01. The first kappa shape index (κ1) is 23.8. The average molecular weight is 464 g/mol. The van der Waals surface area contributed by atoms with Crippen LogP contribution in [0.4, 0.5) is 11.4 Å². The highest BCUT2D eigenvalue weighted by Gasteiger charge is 2.22. The normalized spacial score (nSPS) is 11.1. The van der Waals surface area contributed by atoms with Crippen molar-refractivity contribution in [1.29, 1.82) is 0 Å². The molecule has 3 rings (SSSR count). The molecule has 0 aliphatic heterocycles. The number of aromatic hydroxyl groups is 2. The molecule has 0 aliphatic rings. The first-order valence-corrected chi connectivity index (χ1v) is 9.80. The lowest BCUT2D eigenvalue weighted by Gasteiger charge is -2.05.